The molecule has 0 radical (unpaired) electrons. The standard InChI is InChI=1S/C16H22N2O3/c1-10-12-8-6-7-9-13(12)20-14(10)11(2)17-18-15(19)21-16(3,4)5/h6-9,11,17H,1-5H3,(H,18,19). The minimum atomic E-state index is -0.524. The molecule has 21 heavy (non-hydrogen) atoms. The van der Waals surface area contributed by atoms with Gasteiger partial charge in [-0.25, -0.2) is 10.2 Å². The number of benzene rings is 1. The fourth-order valence-electron chi connectivity index (χ4n) is 2.14. The molecule has 5 heteroatoms. The number of furan rings is 1. The highest BCUT2D eigenvalue weighted by Gasteiger charge is 2.19. The van der Waals surface area contributed by atoms with Crippen LogP contribution < -0.4 is 10.9 Å². The number of hydrazine groups is 1. The number of carbonyl (C=O) groups excluding carboxylic acids is 1. The molecule has 0 bridgehead atoms. The van der Waals surface area contributed by atoms with Crippen LogP contribution in [0.4, 0.5) is 4.79 Å². The molecule has 0 saturated carbocycles. The maximum Gasteiger partial charge on any atom is 0.422 e. The molecule has 1 aromatic carbocycles. The summed E-state index contributed by atoms with van der Waals surface area (Å²) in [6.45, 7) is 9.38. The Hall–Kier alpha value is -2.01. The summed E-state index contributed by atoms with van der Waals surface area (Å²) in [6, 6.07) is 7.70. The Morgan fingerprint density at radius 2 is 1.95 bits per heavy atom. The lowest BCUT2D eigenvalue weighted by Gasteiger charge is -2.21. The number of fused-ring (bicyclic) bond motifs is 1. The second-order valence-electron chi connectivity index (χ2n) is 6.08. The van der Waals surface area contributed by atoms with Crippen LogP contribution in [0.2, 0.25) is 0 Å². The van der Waals surface area contributed by atoms with Crippen molar-refractivity contribution in [3.8, 4) is 0 Å². The fourth-order valence-corrected chi connectivity index (χ4v) is 2.14. The fraction of sp³-hybridized carbons (Fsp3) is 0.438. The summed E-state index contributed by atoms with van der Waals surface area (Å²) in [5, 5.41) is 1.08. The van der Waals surface area contributed by atoms with Gasteiger partial charge in [-0.15, -0.1) is 0 Å². The molecule has 0 aliphatic carbocycles. The molecule has 5 nitrogen and oxygen atoms in total. The zero-order valence-electron chi connectivity index (χ0n) is 13.1. The van der Waals surface area contributed by atoms with E-state index >= 15 is 0 Å². The monoisotopic (exact) mass is 290 g/mol. The lowest BCUT2D eigenvalue weighted by atomic mass is 10.1. The first-order valence-electron chi connectivity index (χ1n) is 7.00. The Kier molecular flexibility index (Phi) is 4.23. The first kappa shape index (κ1) is 15.4. The molecule has 1 heterocycles. The maximum atomic E-state index is 11.6. The molecule has 0 fully saturated rings. The summed E-state index contributed by atoms with van der Waals surface area (Å²) in [5.74, 6) is 0.798. The predicted octanol–water partition coefficient (Wildman–Crippen LogP) is 3.83. The Morgan fingerprint density at radius 3 is 2.57 bits per heavy atom. The van der Waals surface area contributed by atoms with Crippen LogP contribution in [0.3, 0.4) is 0 Å². The first-order valence-corrected chi connectivity index (χ1v) is 7.00. The third-order valence-electron chi connectivity index (χ3n) is 3.06. The summed E-state index contributed by atoms with van der Waals surface area (Å²) < 4.78 is 11.0. The third-order valence-corrected chi connectivity index (χ3v) is 3.06. The molecule has 1 atom stereocenters. The molecule has 2 rings (SSSR count). The van der Waals surface area contributed by atoms with Gasteiger partial charge < -0.3 is 9.15 Å². The van der Waals surface area contributed by atoms with E-state index in [1.54, 1.807) is 0 Å². The SMILES string of the molecule is Cc1c(C(C)NNC(=O)OC(C)(C)C)oc2ccccc12. The first-order chi connectivity index (χ1) is 9.78. The van der Waals surface area contributed by atoms with Crippen LogP contribution in [0.15, 0.2) is 28.7 Å². The minimum absolute atomic E-state index is 0.162. The molecule has 0 aliphatic heterocycles. The van der Waals surface area contributed by atoms with Crippen molar-refractivity contribution in [3.63, 3.8) is 0 Å². The number of amides is 1. The van der Waals surface area contributed by atoms with E-state index in [0.29, 0.717) is 0 Å². The smallest absolute Gasteiger partial charge is 0.422 e. The van der Waals surface area contributed by atoms with Gasteiger partial charge in [-0.2, -0.15) is 0 Å². The third kappa shape index (κ3) is 3.76. The highest BCUT2D eigenvalue weighted by atomic mass is 16.6. The number of hydrogen-bond donors (Lipinski definition) is 2. The van der Waals surface area contributed by atoms with Crippen molar-refractivity contribution in [2.75, 3.05) is 0 Å². The number of para-hydroxylation sites is 1. The molecule has 0 saturated heterocycles. The lowest BCUT2D eigenvalue weighted by molar-refractivity contribution is 0.0487. The second-order valence-corrected chi connectivity index (χ2v) is 6.08. The summed E-state index contributed by atoms with van der Waals surface area (Å²) in [6.07, 6.45) is -0.511. The van der Waals surface area contributed by atoms with Crippen LogP contribution in [0.5, 0.6) is 0 Å². The number of carbonyl (C=O) groups is 1. The van der Waals surface area contributed by atoms with E-state index in [-0.39, 0.29) is 6.04 Å². The molecule has 1 amide bonds. The van der Waals surface area contributed by atoms with E-state index in [4.69, 9.17) is 9.15 Å². The van der Waals surface area contributed by atoms with E-state index < -0.39 is 11.7 Å². The van der Waals surface area contributed by atoms with Crippen LogP contribution >= 0.6 is 0 Å². The summed E-state index contributed by atoms with van der Waals surface area (Å²) in [7, 11) is 0. The van der Waals surface area contributed by atoms with Gasteiger partial charge in [-0.1, -0.05) is 18.2 Å². The number of ether oxygens (including phenoxy) is 1. The predicted molar refractivity (Wildman–Crippen MR) is 81.9 cm³/mol. The topological polar surface area (TPSA) is 63.5 Å². The van der Waals surface area contributed by atoms with Crippen LogP contribution in [-0.4, -0.2) is 11.7 Å². The minimum Gasteiger partial charge on any atom is -0.459 e. The lowest BCUT2D eigenvalue weighted by Crippen LogP contribution is -2.42. The molecule has 0 aliphatic rings. The van der Waals surface area contributed by atoms with E-state index in [9.17, 15) is 4.79 Å². The van der Waals surface area contributed by atoms with E-state index in [1.165, 1.54) is 0 Å². The molecule has 1 unspecified atom stereocenters. The number of nitrogens with one attached hydrogen (secondary N) is 2. The largest absolute Gasteiger partial charge is 0.459 e. The van der Waals surface area contributed by atoms with Gasteiger partial charge in [0.05, 0.1) is 6.04 Å². The summed E-state index contributed by atoms with van der Waals surface area (Å²) >= 11 is 0. The van der Waals surface area contributed by atoms with Gasteiger partial charge in [0.1, 0.15) is 16.9 Å². The molecular formula is C16H22N2O3. The van der Waals surface area contributed by atoms with E-state index in [0.717, 1.165) is 22.3 Å². The van der Waals surface area contributed by atoms with Crippen molar-refractivity contribution in [2.24, 2.45) is 0 Å². The Balaban J connectivity index is 2.04. The maximum absolute atomic E-state index is 11.6. The summed E-state index contributed by atoms with van der Waals surface area (Å²) in [5.41, 5.74) is 6.83. The van der Waals surface area contributed by atoms with Crippen LogP contribution in [0.1, 0.15) is 45.1 Å². The highest BCUT2D eigenvalue weighted by Crippen LogP contribution is 2.28. The molecule has 2 N–H and O–H groups in total. The second kappa shape index (κ2) is 5.77. The Bertz CT molecular complexity index is 640. The normalized spacial score (nSPS) is 13.2. The van der Waals surface area contributed by atoms with Crippen molar-refractivity contribution >= 4 is 17.1 Å². The average molecular weight is 290 g/mol. The number of rotatable bonds is 3. The molecule has 2 aromatic rings. The average Bonchev–Trinajstić information content (AvgIpc) is 2.72. The number of hydrogen-bond acceptors (Lipinski definition) is 4. The molecular weight excluding hydrogens is 268 g/mol. The van der Waals surface area contributed by atoms with E-state index in [2.05, 4.69) is 10.9 Å². The van der Waals surface area contributed by atoms with Crippen LogP contribution in [-0.2, 0) is 4.74 Å². The summed E-state index contributed by atoms with van der Waals surface area (Å²) in [4.78, 5) is 11.6. The Labute approximate surface area is 124 Å². The van der Waals surface area contributed by atoms with Crippen molar-refractivity contribution in [1.29, 1.82) is 0 Å². The van der Waals surface area contributed by atoms with Crippen molar-refractivity contribution < 1.29 is 13.9 Å². The quantitative estimate of drug-likeness (QED) is 0.843. The van der Waals surface area contributed by atoms with Crippen molar-refractivity contribution in [3.05, 3.63) is 35.6 Å². The van der Waals surface area contributed by atoms with Gasteiger partial charge >= 0.3 is 6.09 Å². The van der Waals surface area contributed by atoms with Crippen molar-refractivity contribution in [2.45, 2.75) is 46.3 Å². The number of aryl methyl sites for hydroxylation is 1. The van der Waals surface area contributed by atoms with Gasteiger partial charge in [-0.05, 0) is 40.7 Å². The Morgan fingerprint density at radius 1 is 1.29 bits per heavy atom. The molecule has 0 spiro atoms. The molecule has 114 valence electrons. The van der Waals surface area contributed by atoms with Gasteiger partial charge in [0, 0.05) is 10.9 Å². The molecule has 1 aromatic heterocycles. The van der Waals surface area contributed by atoms with Gasteiger partial charge in [0.15, 0.2) is 0 Å². The van der Waals surface area contributed by atoms with Crippen LogP contribution in [0, 0.1) is 6.92 Å². The van der Waals surface area contributed by atoms with Gasteiger partial charge in [-0.3, -0.25) is 5.43 Å². The van der Waals surface area contributed by atoms with Crippen molar-refractivity contribution in [1.82, 2.24) is 10.9 Å². The highest BCUT2D eigenvalue weighted by molar-refractivity contribution is 5.82. The zero-order valence-corrected chi connectivity index (χ0v) is 13.1. The van der Waals surface area contributed by atoms with Gasteiger partial charge in [0.2, 0.25) is 0 Å². The zero-order chi connectivity index (χ0) is 15.6. The van der Waals surface area contributed by atoms with Gasteiger partial charge in [0.25, 0.3) is 0 Å². The van der Waals surface area contributed by atoms with E-state index in [1.807, 2.05) is 58.9 Å². The van der Waals surface area contributed by atoms with Crippen LogP contribution in [0.25, 0.3) is 11.0 Å².